The molecule has 0 aliphatic heterocycles. The number of nitrogens with one attached hydrogen (secondary N) is 2. The van der Waals surface area contributed by atoms with Crippen LogP contribution in [0.15, 0.2) is 53.0 Å². The van der Waals surface area contributed by atoms with Gasteiger partial charge in [0.05, 0.1) is 18.3 Å². The topological polar surface area (TPSA) is 67.4 Å². The van der Waals surface area contributed by atoms with E-state index in [-0.39, 0.29) is 12.0 Å². The van der Waals surface area contributed by atoms with E-state index in [1.165, 1.54) is 0 Å². The number of amides is 2. The van der Waals surface area contributed by atoms with Crippen molar-refractivity contribution in [3.8, 4) is 0 Å². The van der Waals surface area contributed by atoms with Gasteiger partial charge in [0.2, 0.25) is 0 Å². The number of ether oxygens (including phenoxy) is 1. The van der Waals surface area contributed by atoms with Crippen LogP contribution >= 0.6 is 15.9 Å². The number of rotatable bonds is 5. The molecule has 126 valence electrons. The fraction of sp³-hybridized carbons (Fsp3) is 0.222. The first-order valence-electron chi connectivity index (χ1n) is 7.53. The molecule has 0 saturated carbocycles. The van der Waals surface area contributed by atoms with Crippen molar-refractivity contribution in [2.45, 2.75) is 26.6 Å². The maximum absolute atomic E-state index is 12.1. The Balaban J connectivity index is 1.90. The van der Waals surface area contributed by atoms with E-state index in [1.807, 2.05) is 32.0 Å². The Bertz CT molecular complexity index is 714. The second-order valence-corrected chi connectivity index (χ2v) is 6.30. The smallest absolute Gasteiger partial charge is 0.270 e. The van der Waals surface area contributed by atoms with Gasteiger partial charge in [0.1, 0.15) is 0 Å². The lowest BCUT2D eigenvalue weighted by Gasteiger charge is -2.10. The summed E-state index contributed by atoms with van der Waals surface area (Å²) in [5.74, 6) is -0.774. The first-order chi connectivity index (χ1) is 11.5. The monoisotopic (exact) mass is 390 g/mol. The van der Waals surface area contributed by atoms with Crippen molar-refractivity contribution >= 4 is 27.7 Å². The average Bonchev–Trinajstić information content (AvgIpc) is 2.58. The lowest BCUT2D eigenvalue weighted by atomic mass is 10.1. The molecule has 0 unspecified atom stereocenters. The van der Waals surface area contributed by atoms with E-state index < -0.39 is 5.91 Å². The Hall–Kier alpha value is -2.18. The van der Waals surface area contributed by atoms with Crippen molar-refractivity contribution < 1.29 is 14.3 Å². The van der Waals surface area contributed by atoms with E-state index in [4.69, 9.17) is 4.74 Å². The summed E-state index contributed by atoms with van der Waals surface area (Å²) < 4.78 is 6.16. The maximum Gasteiger partial charge on any atom is 0.270 e. The highest BCUT2D eigenvalue weighted by Crippen LogP contribution is 2.15. The molecular formula is C18H19BrN2O3. The van der Waals surface area contributed by atoms with Crippen molar-refractivity contribution in [1.82, 2.24) is 10.9 Å². The largest absolute Gasteiger partial charge is 0.374 e. The second kappa shape index (κ2) is 8.61. The van der Waals surface area contributed by atoms with Gasteiger partial charge in [-0.1, -0.05) is 24.3 Å². The van der Waals surface area contributed by atoms with Gasteiger partial charge in [-0.3, -0.25) is 20.4 Å². The molecule has 0 fully saturated rings. The zero-order valence-electron chi connectivity index (χ0n) is 13.5. The molecule has 0 aliphatic carbocycles. The number of hydrogen-bond acceptors (Lipinski definition) is 3. The number of hydrogen-bond donors (Lipinski definition) is 2. The summed E-state index contributed by atoms with van der Waals surface area (Å²) in [6, 6.07) is 14.0. The molecule has 2 amide bonds. The summed E-state index contributed by atoms with van der Waals surface area (Å²) in [5, 5.41) is 0. The standard InChI is InChI=1S/C18H19BrN2O3/c1-12(2)24-11-13-7-9-14(10-8-13)17(22)20-21-18(23)15-5-3-4-6-16(15)19/h3-10,12H,11H2,1-2H3,(H,20,22)(H,21,23). The summed E-state index contributed by atoms with van der Waals surface area (Å²) in [6.45, 7) is 4.43. The fourth-order valence-corrected chi connectivity index (χ4v) is 2.38. The molecule has 0 bridgehead atoms. The predicted octanol–water partition coefficient (Wildman–Crippen LogP) is 3.45. The Kier molecular flexibility index (Phi) is 6.52. The minimum Gasteiger partial charge on any atom is -0.374 e. The lowest BCUT2D eigenvalue weighted by molar-refractivity contribution is 0.0656. The van der Waals surface area contributed by atoms with Crippen LogP contribution in [0.1, 0.15) is 40.1 Å². The van der Waals surface area contributed by atoms with Crippen LogP contribution < -0.4 is 10.9 Å². The molecule has 24 heavy (non-hydrogen) atoms. The van der Waals surface area contributed by atoms with Gasteiger partial charge in [-0.2, -0.15) is 0 Å². The van der Waals surface area contributed by atoms with Crippen LogP contribution in [-0.4, -0.2) is 17.9 Å². The zero-order chi connectivity index (χ0) is 17.5. The van der Waals surface area contributed by atoms with Gasteiger partial charge < -0.3 is 4.74 Å². The minimum atomic E-state index is -0.391. The molecule has 0 atom stereocenters. The van der Waals surface area contributed by atoms with E-state index in [0.29, 0.717) is 22.2 Å². The zero-order valence-corrected chi connectivity index (χ0v) is 15.1. The first kappa shape index (κ1) is 18.2. The molecule has 0 saturated heterocycles. The van der Waals surface area contributed by atoms with E-state index in [0.717, 1.165) is 5.56 Å². The molecule has 2 aromatic rings. The third kappa shape index (κ3) is 5.18. The highest BCUT2D eigenvalue weighted by molar-refractivity contribution is 9.10. The quantitative estimate of drug-likeness (QED) is 0.768. The summed E-state index contributed by atoms with van der Waals surface area (Å²) in [6.07, 6.45) is 0.153. The third-order valence-corrected chi connectivity index (χ3v) is 3.90. The molecule has 2 rings (SSSR count). The van der Waals surface area contributed by atoms with Gasteiger partial charge in [-0.15, -0.1) is 0 Å². The number of carbonyl (C=O) groups excluding carboxylic acids is 2. The number of benzene rings is 2. The molecule has 0 spiro atoms. The van der Waals surface area contributed by atoms with E-state index in [2.05, 4.69) is 26.8 Å². The summed E-state index contributed by atoms with van der Waals surface area (Å²) >= 11 is 3.30. The molecule has 0 radical (unpaired) electrons. The van der Waals surface area contributed by atoms with Crippen LogP contribution in [0.4, 0.5) is 0 Å². The van der Waals surface area contributed by atoms with Crippen LogP contribution in [0.3, 0.4) is 0 Å². The molecule has 5 nitrogen and oxygen atoms in total. The first-order valence-corrected chi connectivity index (χ1v) is 8.32. The molecule has 2 N–H and O–H groups in total. The van der Waals surface area contributed by atoms with Gasteiger partial charge in [-0.05, 0) is 59.6 Å². The number of halogens is 1. The Morgan fingerprint density at radius 1 is 1.00 bits per heavy atom. The van der Waals surface area contributed by atoms with Gasteiger partial charge in [0.25, 0.3) is 11.8 Å². The Labute approximate surface area is 149 Å². The van der Waals surface area contributed by atoms with Crippen LogP contribution in [-0.2, 0) is 11.3 Å². The van der Waals surface area contributed by atoms with Crippen molar-refractivity contribution in [1.29, 1.82) is 0 Å². The molecule has 0 heterocycles. The fourth-order valence-electron chi connectivity index (χ4n) is 1.91. The van der Waals surface area contributed by atoms with Crippen LogP contribution in [0.2, 0.25) is 0 Å². The van der Waals surface area contributed by atoms with Gasteiger partial charge in [0.15, 0.2) is 0 Å². The number of hydrazine groups is 1. The van der Waals surface area contributed by atoms with Crippen LogP contribution in [0, 0.1) is 0 Å². The summed E-state index contributed by atoms with van der Waals surface area (Å²) in [7, 11) is 0. The van der Waals surface area contributed by atoms with Crippen molar-refractivity contribution in [3.63, 3.8) is 0 Å². The third-order valence-electron chi connectivity index (χ3n) is 3.21. The molecule has 6 heteroatoms. The molecule has 2 aromatic carbocycles. The van der Waals surface area contributed by atoms with Gasteiger partial charge in [0, 0.05) is 10.0 Å². The van der Waals surface area contributed by atoms with E-state index >= 15 is 0 Å². The average molecular weight is 391 g/mol. The predicted molar refractivity (Wildman–Crippen MR) is 95.4 cm³/mol. The second-order valence-electron chi connectivity index (χ2n) is 5.44. The maximum atomic E-state index is 12.1. The van der Waals surface area contributed by atoms with E-state index in [1.54, 1.807) is 30.3 Å². The van der Waals surface area contributed by atoms with Crippen molar-refractivity contribution in [2.75, 3.05) is 0 Å². The highest BCUT2D eigenvalue weighted by atomic mass is 79.9. The van der Waals surface area contributed by atoms with Crippen molar-refractivity contribution in [3.05, 3.63) is 69.7 Å². The summed E-state index contributed by atoms with van der Waals surface area (Å²) in [5.41, 5.74) is 6.68. The van der Waals surface area contributed by atoms with Crippen LogP contribution in [0.5, 0.6) is 0 Å². The van der Waals surface area contributed by atoms with E-state index in [9.17, 15) is 9.59 Å². The molecule has 0 aliphatic rings. The van der Waals surface area contributed by atoms with Crippen LogP contribution in [0.25, 0.3) is 0 Å². The SMILES string of the molecule is CC(C)OCc1ccc(C(=O)NNC(=O)c2ccccc2Br)cc1. The Morgan fingerprint density at radius 3 is 2.25 bits per heavy atom. The van der Waals surface area contributed by atoms with Gasteiger partial charge >= 0.3 is 0 Å². The normalized spacial score (nSPS) is 10.5. The number of carbonyl (C=O) groups is 2. The van der Waals surface area contributed by atoms with Crippen molar-refractivity contribution in [2.24, 2.45) is 0 Å². The lowest BCUT2D eigenvalue weighted by Crippen LogP contribution is -2.41. The Morgan fingerprint density at radius 2 is 1.62 bits per heavy atom. The molecule has 0 aromatic heterocycles. The highest BCUT2D eigenvalue weighted by Gasteiger charge is 2.11. The van der Waals surface area contributed by atoms with Gasteiger partial charge in [-0.25, -0.2) is 0 Å². The minimum absolute atomic E-state index is 0.153. The summed E-state index contributed by atoms with van der Waals surface area (Å²) in [4.78, 5) is 24.1. The molecular weight excluding hydrogens is 372 g/mol.